The van der Waals surface area contributed by atoms with Gasteiger partial charge in [-0.1, -0.05) is 12.8 Å². The predicted octanol–water partition coefficient (Wildman–Crippen LogP) is 4.29. The Labute approximate surface area is 136 Å². The van der Waals surface area contributed by atoms with Crippen LogP contribution >= 0.6 is 11.3 Å². The number of hydrogen-bond donors (Lipinski definition) is 0. The molecule has 1 aliphatic carbocycles. The molecule has 1 aliphatic rings. The zero-order valence-corrected chi connectivity index (χ0v) is 14.4. The summed E-state index contributed by atoms with van der Waals surface area (Å²) >= 11 is 1.80. The highest BCUT2D eigenvalue weighted by Crippen LogP contribution is 2.28. The number of amides is 1. The second kappa shape index (κ2) is 6.29. The summed E-state index contributed by atoms with van der Waals surface area (Å²) in [6.45, 7) is 4.89. The van der Waals surface area contributed by atoms with Crippen LogP contribution < -0.4 is 0 Å². The van der Waals surface area contributed by atoms with Crippen LogP contribution in [0.15, 0.2) is 24.4 Å². The molecule has 0 N–H and O–H groups in total. The van der Waals surface area contributed by atoms with E-state index in [9.17, 15) is 4.79 Å². The van der Waals surface area contributed by atoms with Gasteiger partial charge in [0, 0.05) is 34.7 Å². The van der Waals surface area contributed by atoms with E-state index in [1.165, 1.54) is 22.6 Å². The van der Waals surface area contributed by atoms with Crippen LogP contribution in [0, 0.1) is 13.8 Å². The molecule has 2 heterocycles. The molecule has 0 unspecified atom stereocenters. The maximum Gasteiger partial charge on any atom is 0.256 e. The lowest BCUT2D eigenvalue weighted by Gasteiger charge is -2.28. The standard InChI is InChI=1S/C18H24N2OS/c1-13-8-9-16(22-13)12-20(15-6-4-5-7-15)18(21)17-10-11-19(3)14(17)2/h8-11,15H,4-7,12H2,1-3H3. The highest BCUT2D eigenvalue weighted by Gasteiger charge is 2.29. The van der Waals surface area contributed by atoms with Crippen LogP contribution in [0.25, 0.3) is 0 Å². The lowest BCUT2D eigenvalue weighted by atomic mass is 10.1. The minimum absolute atomic E-state index is 0.191. The monoisotopic (exact) mass is 316 g/mol. The summed E-state index contributed by atoms with van der Waals surface area (Å²) in [7, 11) is 1.99. The predicted molar refractivity (Wildman–Crippen MR) is 91.3 cm³/mol. The van der Waals surface area contributed by atoms with Gasteiger partial charge in [-0.25, -0.2) is 0 Å². The Morgan fingerprint density at radius 1 is 1.27 bits per heavy atom. The summed E-state index contributed by atoms with van der Waals surface area (Å²) in [6.07, 6.45) is 6.74. The first-order chi connectivity index (χ1) is 10.6. The summed E-state index contributed by atoms with van der Waals surface area (Å²) in [5, 5.41) is 0. The Balaban J connectivity index is 1.87. The van der Waals surface area contributed by atoms with E-state index < -0.39 is 0 Å². The molecule has 22 heavy (non-hydrogen) atoms. The molecule has 3 nitrogen and oxygen atoms in total. The van der Waals surface area contributed by atoms with Gasteiger partial charge in [0.25, 0.3) is 5.91 Å². The summed E-state index contributed by atoms with van der Waals surface area (Å²) in [4.78, 5) is 17.8. The van der Waals surface area contributed by atoms with Crippen molar-refractivity contribution in [2.24, 2.45) is 7.05 Å². The van der Waals surface area contributed by atoms with Crippen molar-refractivity contribution < 1.29 is 4.79 Å². The van der Waals surface area contributed by atoms with E-state index in [1.807, 2.05) is 30.8 Å². The number of aromatic nitrogens is 1. The van der Waals surface area contributed by atoms with Crippen molar-refractivity contribution in [2.45, 2.75) is 52.1 Å². The van der Waals surface area contributed by atoms with Crippen LogP contribution in [-0.4, -0.2) is 21.4 Å². The Morgan fingerprint density at radius 2 is 2.00 bits per heavy atom. The molecule has 0 aromatic carbocycles. The molecule has 2 aromatic heterocycles. The van der Waals surface area contributed by atoms with Crippen molar-refractivity contribution in [3.05, 3.63) is 45.4 Å². The molecule has 0 radical (unpaired) electrons. The first-order valence-electron chi connectivity index (χ1n) is 8.04. The summed E-state index contributed by atoms with van der Waals surface area (Å²) in [5.74, 6) is 0.191. The number of thiophene rings is 1. The SMILES string of the molecule is Cc1ccc(CN(C(=O)c2ccn(C)c2C)C2CCCC2)s1. The van der Waals surface area contributed by atoms with Crippen LogP contribution in [0.1, 0.15) is 51.5 Å². The van der Waals surface area contributed by atoms with Gasteiger partial charge in [0.15, 0.2) is 0 Å². The first-order valence-corrected chi connectivity index (χ1v) is 8.86. The molecule has 0 aliphatic heterocycles. The van der Waals surface area contributed by atoms with Gasteiger partial charge in [-0.3, -0.25) is 4.79 Å². The van der Waals surface area contributed by atoms with Crippen molar-refractivity contribution in [3.8, 4) is 0 Å². The zero-order valence-electron chi connectivity index (χ0n) is 13.6. The average molecular weight is 316 g/mol. The fraction of sp³-hybridized carbons (Fsp3) is 0.500. The Kier molecular flexibility index (Phi) is 4.39. The molecular weight excluding hydrogens is 292 g/mol. The maximum atomic E-state index is 13.1. The fourth-order valence-corrected chi connectivity index (χ4v) is 4.20. The molecule has 4 heteroatoms. The molecule has 2 aromatic rings. The van der Waals surface area contributed by atoms with E-state index in [0.717, 1.165) is 30.6 Å². The summed E-state index contributed by atoms with van der Waals surface area (Å²) in [5.41, 5.74) is 1.90. The number of carbonyl (C=O) groups is 1. The highest BCUT2D eigenvalue weighted by molar-refractivity contribution is 7.11. The molecule has 3 rings (SSSR count). The molecule has 0 spiro atoms. The number of rotatable bonds is 4. The minimum atomic E-state index is 0.191. The molecule has 0 atom stereocenters. The Hall–Kier alpha value is -1.55. The minimum Gasteiger partial charge on any atom is -0.354 e. The van der Waals surface area contributed by atoms with Crippen molar-refractivity contribution >= 4 is 17.2 Å². The summed E-state index contributed by atoms with van der Waals surface area (Å²) < 4.78 is 2.02. The van der Waals surface area contributed by atoms with Crippen molar-refractivity contribution in [3.63, 3.8) is 0 Å². The van der Waals surface area contributed by atoms with Crippen LogP contribution in [0.3, 0.4) is 0 Å². The van der Waals surface area contributed by atoms with Gasteiger partial charge in [0.05, 0.1) is 12.1 Å². The van der Waals surface area contributed by atoms with Gasteiger partial charge in [0.2, 0.25) is 0 Å². The van der Waals surface area contributed by atoms with Crippen LogP contribution in [0.2, 0.25) is 0 Å². The zero-order chi connectivity index (χ0) is 15.7. The lowest BCUT2D eigenvalue weighted by Crippen LogP contribution is -2.38. The van der Waals surface area contributed by atoms with Crippen molar-refractivity contribution in [1.29, 1.82) is 0 Å². The molecule has 1 amide bonds. The third kappa shape index (κ3) is 2.98. The van der Waals surface area contributed by atoms with Gasteiger partial charge < -0.3 is 9.47 Å². The van der Waals surface area contributed by atoms with E-state index in [0.29, 0.717) is 6.04 Å². The topological polar surface area (TPSA) is 25.2 Å². The fourth-order valence-electron chi connectivity index (χ4n) is 3.31. The number of carbonyl (C=O) groups excluding carboxylic acids is 1. The highest BCUT2D eigenvalue weighted by atomic mass is 32.1. The lowest BCUT2D eigenvalue weighted by molar-refractivity contribution is 0.0666. The summed E-state index contributed by atoms with van der Waals surface area (Å²) in [6, 6.07) is 6.66. The average Bonchev–Trinajstić information content (AvgIpc) is 3.20. The molecule has 1 fully saturated rings. The normalized spacial score (nSPS) is 15.4. The smallest absolute Gasteiger partial charge is 0.256 e. The third-order valence-corrected chi connectivity index (χ3v) is 5.75. The van der Waals surface area contributed by atoms with Gasteiger partial charge in [-0.2, -0.15) is 0 Å². The molecular formula is C18H24N2OS. The van der Waals surface area contributed by atoms with Gasteiger partial charge in [0.1, 0.15) is 0 Å². The maximum absolute atomic E-state index is 13.1. The van der Waals surface area contributed by atoms with E-state index in [2.05, 4.69) is 24.0 Å². The van der Waals surface area contributed by atoms with Crippen molar-refractivity contribution in [1.82, 2.24) is 9.47 Å². The van der Waals surface area contributed by atoms with Crippen LogP contribution in [0.4, 0.5) is 0 Å². The largest absolute Gasteiger partial charge is 0.354 e. The Morgan fingerprint density at radius 3 is 2.55 bits per heavy atom. The quantitative estimate of drug-likeness (QED) is 0.826. The van der Waals surface area contributed by atoms with Crippen molar-refractivity contribution in [2.75, 3.05) is 0 Å². The Bertz CT molecular complexity index is 664. The number of aryl methyl sites for hydroxylation is 2. The van der Waals surface area contributed by atoms with Gasteiger partial charge in [-0.05, 0) is 44.9 Å². The first kappa shape index (κ1) is 15.3. The van der Waals surface area contributed by atoms with E-state index in [-0.39, 0.29) is 5.91 Å². The van der Waals surface area contributed by atoms with E-state index in [1.54, 1.807) is 11.3 Å². The second-order valence-corrected chi connectivity index (χ2v) is 7.68. The van der Waals surface area contributed by atoms with Crippen LogP contribution in [0.5, 0.6) is 0 Å². The number of nitrogens with zero attached hydrogens (tertiary/aromatic N) is 2. The molecule has 0 bridgehead atoms. The van der Waals surface area contributed by atoms with E-state index in [4.69, 9.17) is 0 Å². The van der Waals surface area contributed by atoms with Gasteiger partial charge in [-0.15, -0.1) is 11.3 Å². The van der Waals surface area contributed by atoms with Crippen LogP contribution in [-0.2, 0) is 13.6 Å². The molecule has 0 saturated heterocycles. The number of hydrogen-bond acceptors (Lipinski definition) is 2. The molecule has 118 valence electrons. The van der Waals surface area contributed by atoms with E-state index >= 15 is 0 Å². The second-order valence-electron chi connectivity index (χ2n) is 6.31. The third-order valence-electron chi connectivity index (χ3n) is 4.76. The molecule has 1 saturated carbocycles. The van der Waals surface area contributed by atoms with Gasteiger partial charge >= 0.3 is 0 Å².